The summed E-state index contributed by atoms with van der Waals surface area (Å²) in [5.41, 5.74) is 0.706. The van der Waals surface area contributed by atoms with Crippen molar-refractivity contribution in [1.82, 2.24) is 0 Å². The number of aliphatic carboxylic acids is 1. The van der Waals surface area contributed by atoms with E-state index in [0.29, 0.717) is 12.2 Å². The molecule has 0 aliphatic heterocycles. The Morgan fingerprint density at radius 1 is 1.24 bits per heavy atom. The molecule has 3 nitrogen and oxygen atoms in total. The maximum Gasteiger partial charge on any atom is 0.337 e. The van der Waals surface area contributed by atoms with Crippen molar-refractivity contribution >= 4 is 16.7 Å². The smallest absolute Gasteiger partial charge is 0.337 e. The summed E-state index contributed by atoms with van der Waals surface area (Å²) in [4.78, 5) is 11.2. The van der Waals surface area contributed by atoms with Crippen LogP contribution in [0.1, 0.15) is 18.6 Å². The van der Waals surface area contributed by atoms with Crippen LogP contribution in [-0.2, 0) is 9.53 Å². The van der Waals surface area contributed by atoms with Crippen molar-refractivity contribution in [2.45, 2.75) is 13.0 Å². The van der Waals surface area contributed by atoms with E-state index in [-0.39, 0.29) is 0 Å². The van der Waals surface area contributed by atoms with Crippen molar-refractivity contribution in [1.29, 1.82) is 0 Å². The van der Waals surface area contributed by atoms with Crippen molar-refractivity contribution < 1.29 is 14.6 Å². The molecule has 1 atom stereocenters. The molecule has 17 heavy (non-hydrogen) atoms. The lowest BCUT2D eigenvalue weighted by atomic mass is 10.0. The SMILES string of the molecule is CCOC(C(=O)O)c1cccc2ccccc12. The van der Waals surface area contributed by atoms with Crippen LogP contribution in [0.3, 0.4) is 0 Å². The molecule has 0 heterocycles. The molecule has 0 aliphatic rings. The van der Waals surface area contributed by atoms with E-state index < -0.39 is 12.1 Å². The molecule has 3 heteroatoms. The highest BCUT2D eigenvalue weighted by molar-refractivity contribution is 5.90. The van der Waals surface area contributed by atoms with Gasteiger partial charge in [0.25, 0.3) is 0 Å². The molecule has 1 N–H and O–H groups in total. The third kappa shape index (κ3) is 2.29. The highest BCUT2D eigenvalue weighted by Gasteiger charge is 2.21. The molecule has 0 saturated carbocycles. The number of hydrogen-bond donors (Lipinski definition) is 1. The summed E-state index contributed by atoms with van der Waals surface area (Å²) in [6.45, 7) is 2.17. The summed E-state index contributed by atoms with van der Waals surface area (Å²) in [6.07, 6.45) is -0.897. The fraction of sp³-hybridized carbons (Fsp3) is 0.214. The average Bonchev–Trinajstić information content (AvgIpc) is 2.35. The molecular formula is C14H14O3. The summed E-state index contributed by atoms with van der Waals surface area (Å²) in [7, 11) is 0. The van der Waals surface area contributed by atoms with Crippen LogP contribution in [0.2, 0.25) is 0 Å². The summed E-state index contributed by atoms with van der Waals surface area (Å²) in [5.74, 6) is -0.955. The highest BCUT2D eigenvalue weighted by atomic mass is 16.5. The Kier molecular flexibility index (Phi) is 3.40. The third-order valence-electron chi connectivity index (χ3n) is 2.66. The van der Waals surface area contributed by atoms with Gasteiger partial charge in [0.05, 0.1) is 0 Å². The zero-order chi connectivity index (χ0) is 12.3. The molecule has 0 aliphatic carbocycles. The number of hydrogen-bond acceptors (Lipinski definition) is 2. The number of rotatable bonds is 4. The second-order valence-corrected chi connectivity index (χ2v) is 3.74. The molecule has 1 unspecified atom stereocenters. The van der Waals surface area contributed by atoms with Crippen molar-refractivity contribution in [3.8, 4) is 0 Å². The first-order valence-electron chi connectivity index (χ1n) is 5.56. The van der Waals surface area contributed by atoms with E-state index in [9.17, 15) is 9.90 Å². The van der Waals surface area contributed by atoms with Gasteiger partial charge in [-0.25, -0.2) is 4.79 Å². The molecule has 0 bridgehead atoms. The van der Waals surface area contributed by atoms with E-state index in [1.807, 2.05) is 36.4 Å². The Balaban J connectivity index is 2.56. The number of carboxylic acid groups (broad SMARTS) is 1. The Morgan fingerprint density at radius 3 is 2.65 bits per heavy atom. The molecule has 2 aromatic carbocycles. The van der Waals surface area contributed by atoms with Gasteiger partial charge in [0, 0.05) is 6.61 Å². The number of benzene rings is 2. The molecule has 88 valence electrons. The van der Waals surface area contributed by atoms with Crippen LogP contribution in [0, 0.1) is 0 Å². The average molecular weight is 230 g/mol. The summed E-state index contributed by atoms with van der Waals surface area (Å²) >= 11 is 0. The largest absolute Gasteiger partial charge is 0.479 e. The van der Waals surface area contributed by atoms with Gasteiger partial charge >= 0.3 is 5.97 Å². The highest BCUT2D eigenvalue weighted by Crippen LogP contribution is 2.26. The fourth-order valence-corrected chi connectivity index (χ4v) is 1.94. The summed E-state index contributed by atoms with van der Waals surface area (Å²) < 4.78 is 5.30. The van der Waals surface area contributed by atoms with Gasteiger partial charge in [-0.1, -0.05) is 42.5 Å². The second-order valence-electron chi connectivity index (χ2n) is 3.74. The summed E-state index contributed by atoms with van der Waals surface area (Å²) in [6, 6.07) is 13.3. The molecule has 2 rings (SSSR count). The van der Waals surface area contributed by atoms with Crippen LogP contribution in [0.5, 0.6) is 0 Å². The van der Waals surface area contributed by atoms with Gasteiger partial charge in [-0.3, -0.25) is 0 Å². The molecule has 0 spiro atoms. The number of ether oxygens (including phenoxy) is 1. The normalized spacial score (nSPS) is 12.5. The predicted molar refractivity (Wildman–Crippen MR) is 66.0 cm³/mol. The van der Waals surface area contributed by atoms with Crippen molar-refractivity contribution in [2.75, 3.05) is 6.61 Å². The zero-order valence-electron chi connectivity index (χ0n) is 9.59. The molecular weight excluding hydrogens is 216 g/mol. The Bertz CT molecular complexity index is 528. The second kappa shape index (κ2) is 4.97. The first kappa shape index (κ1) is 11.6. The van der Waals surface area contributed by atoms with Crippen LogP contribution in [-0.4, -0.2) is 17.7 Å². The third-order valence-corrected chi connectivity index (χ3v) is 2.66. The van der Waals surface area contributed by atoms with E-state index in [4.69, 9.17) is 4.74 Å². The molecule has 0 saturated heterocycles. The van der Waals surface area contributed by atoms with Gasteiger partial charge in [-0.05, 0) is 23.3 Å². The Morgan fingerprint density at radius 2 is 1.94 bits per heavy atom. The van der Waals surface area contributed by atoms with Gasteiger partial charge < -0.3 is 9.84 Å². The topological polar surface area (TPSA) is 46.5 Å². The quantitative estimate of drug-likeness (QED) is 0.878. The van der Waals surface area contributed by atoms with Crippen LogP contribution >= 0.6 is 0 Å². The van der Waals surface area contributed by atoms with Gasteiger partial charge in [0.1, 0.15) is 0 Å². The predicted octanol–water partition coefficient (Wildman–Crippen LogP) is 3.00. The molecule has 0 aromatic heterocycles. The lowest BCUT2D eigenvalue weighted by Gasteiger charge is -2.15. The van der Waals surface area contributed by atoms with E-state index in [2.05, 4.69) is 0 Å². The van der Waals surface area contributed by atoms with Gasteiger partial charge in [0.15, 0.2) is 6.10 Å². The first-order chi connectivity index (χ1) is 8.24. The first-order valence-corrected chi connectivity index (χ1v) is 5.56. The van der Waals surface area contributed by atoms with E-state index in [1.54, 1.807) is 13.0 Å². The lowest BCUT2D eigenvalue weighted by Crippen LogP contribution is -2.15. The number of carboxylic acids is 1. The molecule has 0 radical (unpaired) electrons. The lowest BCUT2D eigenvalue weighted by molar-refractivity contribution is -0.150. The van der Waals surface area contributed by atoms with Crippen LogP contribution in [0.4, 0.5) is 0 Å². The molecule has 0 fully saturated rings. The van der Waals surface area contributed by atoms with E-state index >= 15 is 0 Å². The minimum absolute atomic E-state index is 0.375. The minimum Gasteiger partial charge on any atom is -0.479 e. The monoisotopic (exact) mass is 230 g/mol. The van der Waals surface area contributed by atoms with Crippen LogP contribution < -0.4 is 0 Å². The van der Waals surface area contributed by atoms with Gasteiger partial charge in [0.2, 0.25) is 0 Å². The number of carbonyl (C=O) groups is 1. The van der Waals surface area contributed by atoms with Crippen molar-refractivity contribution in [3.05, 3.63) is 48.0 Å². The van der Waals surface area contributed by atoms with Gasteiger partial charge in [-0.2, -0.15) is 0 Å². The van der Waals surface area contributed by atoms with Crippen LogP contribution in [0.15, 0.2) is 42.5 Å². The maximum atomic E-state index is 11.2. The minimum atomic E-state index is -0.955. The molecule has 0 amide bonds. The zero-order valence-corrected chi connectivity index (χ0v) is 9.59. The van der Waals surface area contributed by atoms with Crippen LogP contribution in [0.25, 0.3) is 10.8 Å². The Hall–Kier alpha value is -1.87. The summed E-state index contributed by atoms with van der Waals surface area (Å²) in [5, 5.41) is 11.1. The van der Waals surface area contributed by atoms with E-state index in [1.165, 1.54) is 0 Å². The standard InChI is InChI=1S/C14H14O3/c1-2-17-13(14(15)16)12-9-5-7-10-6-3-4-8-11(10)12/h3-9,13H,2H2,1H3,(H,15,16). The van der Waals surface area contributed by atoms with Crippen molar-refractivity contribution in [2.24, 2.45) is 0 Å². The maximum absolute atomic E-state index is 11.2. The Labute approximate surface area is 99.6 Å². The fourth-order valence-electron chi connectivity index (χ4n) is 1.94. The molecule has 2 aromatic rings. The number of fused-ring (bicyclic) bond motifs is 1. The van der Waals surface area contributed by atoms with Gasteiger partial charge in [-0.15, -0.1) is 0 Å². The van der Waals surface area contributed by atoms with E-state index in [0.717, 1.165) is 10.8 Å². The van der Waals surface area contributed by atoms with Crippen molar-refractivity contribution in [3.63, 3.8) is 0 Å².